The van der Waals surface area contributed by atoms with Gasteiger partial charge in [-0.3, -0.25) is 14.9 Å². The molecule has 1 unspecified atom stereocenters. The Hall–Kier alpha value is -2.25. The van der Waals surface area contributed by atoms with Crippen molar-refractivity contribution >= 4 is 17.3 Å². The van der Waals surface area contributed by atoms with Gasteiger partial charge in [0, 0.05) is 12.6 Å². The summed E-state index contributed by atoms with van der Waals surface area (Å²) in [5.74, 6) is -4.50. The Balaban J connectivity index is 2.98. The molecule has 8 heteroatoms. The lowest BCUT2D eigenvalue weighted by atomic mass is 9.97. The highest BCUT2D eigenvalue weighted by atomic mass is 19.2. The molecule has 1 atom stereocenters. The number of nitrogens with zero attached hydrogens (tertiary/aromatic N) is 1. The average Bonchev–Trinajstić information content (AvgIpc) is 2.37. The molecule has 0 bridgehead atoms. The summed E-state index contributed by atoms with van der Waals surface area (Å²) in [4.78, 5) is 21.0. The molecule has 0 saturated carbocycles. The minimum absolute atomic E-state index is 0.0836. The van der Waals surface area contributed by atoms with Crippen molar-refractivity contribution in [1.29, 1.82) is 0 Å². The number of carboxylic acids is 1. The number of carboxylic acid groups (broad SMARTS) is 1. The van der Waals surface area contributed by atoms with Crippen LogP contribution >= 0.6 is 0 Å². The Labute approximate surface area is 119 Å². The first-order chi connectivity index (χ1) is 9.73. The molecular weight excluding hydrogens is 286 g/mol. The Morgan fingerprint density at radius 2 is 2.05 bits per heavy atom. The van der Waals surface area contributed by atoms with E-state index in [-0.39, 0.29) is 12.5 Å². The van der Waals surface area contributed by atoms with Gasteiger partial charge in [-0.1, -0.05) is 13.8 Å². The zero-order chi connectivity index (χ0) is 16.2. The molecule has 6 nitrogen and oxygen atoms in total. The summed E-state index contributed by atoms with van der Waals surface area (Å²) in [6, 6.07) is 1.49. The summed E-state index contributed by atoms with van der Waals surface area (Å²) >= 11 is 0. The van der Waals surface area contributed by atoms with Gasteiger partial charge in [-0.2, -0.15) is 0 Å². The summed E-state index contributed by atoms with van der Waals surface area (Å²) in [5.41, 5.74) is -1.27. The van der Waals surface area contributed by atoms with E-state index in [4.69, 9.17) is 5.11 Å². The van der Waals surface area contributed by atoms with Crippen LogP contribution in [0.25, 0.3) is 0 Å². The van der Waals surface area contributed by atoms with Gasteiger partial charge in [0.2, 0.25) is 0 Å². The first-order valence-electron chi connectivity index (χ1n) is 6.33. The van der Waals surface area contributed by atoms with E-state index in [0.717, 1.165) is 6.07 Å². The smallest absolute Gasteiger partial charge is 0.308 e. The van der Waals surface area contributed by atoms with E-state index in [2.05, 4.69) is 5.32 Å². The molecule has 0 aliphatic rings. The van der Waals surface area contributed by atoms with Gasteiger partial charge in [-0.05, 0) is 18.4 Å². The van der Waals surface area contributed by atoms with Gasteiger partial charge in [0.15, 0.2) is 17.3 Å². The summed E-state index contributed by atoms with van der Waals surface area (Å²) in [6.07, 6.45) is 0.313. The van der Waals surface area contributed by atoms with E-state index in [0.29, 0.717) is 12.5 Å². The number of nitro groups is 1. The maximum absolute atomic E-state index is 13.6. The number of anilines is 1. The molecule has 1 aromatic carbocycles. The van der Waals surface area contributed by atoms with E-state index in [1.165, 1.54) is 0 Å². The van der Waals surface area contributed by atoms with Crippen molar-refractivity contribution in [2.24, 2.45) is 11.8 Å². The standard InChI is InChI=1S/C13H16F2N2O4/c1-7(2)5-8(13(18)19)6-16-12-10(17(20)21)4-3-9(14)11(12)15/h3-4,7-8,16H,5-6H2,1-2H3,(H,18,19). The number of hydrogen-bond donors (Lipinski definition) is 2. The SMILES string of the molecule is CC(C)CC(CNc1c([N+](=O)[O-])ccc(F)c1F)C(=O)O. The number of halogens is 2. The molecule has 0 aliphatic heterocycles. The first-order valence-corrected chi connectivity index (χ1v) is 6.33. The second-order valence-corrected chi connectivity index (χ2v) is 5.06. The molecular formula is C13H16F2N2O4. The van der Waals surface area contributed by atoms with Crippen LogP contribution in [-0.4, -0.2) is 22.5 Å². The number of benzene rings is 1. The van der Waals surface area contributed by atoms with Gasteiger partial charge in [0.05, 0.1) is 10.8 Å². The maximum Gasteiger partial charge on any atom is 0.308 e. The quantitative estimate of drug-likeness (QED) is 0.596. The second kappa shape index (κ2) is 6.96. The number of rotatable bonds is 7. The largest absolute Gasteiger partial charge is 0.481 e. The molecule has 21 heavy (non-hydrogen) atoms. The Bertz CT molecular complexity index is 549. The number of carbonyl (C=O) groups is 1. The zero-order valence-electron chi connectivity index (χ0n) is 11.6. The van der Waals surface area contributed by atoms with Gasteiger partial charge >= 0.3 is 5.97 Å². The van der Waals surface area contributed by atoms with Crippen LogP contribution in [-0.2, 0) is 4.79 Å². The fourth-order valence-corrected chi connectivity index (χ4v) is 1.93. The van der Waals surface area contributed by atoms with Crippen molar-refractivity contribution in [2.75, 3.05) is 11.9 Å². The highest BCUT2D eigenvalue weighted by molar-refractivity contribution is 5.71. The molecule has 1 rings (SSSR count). The Morgan fingerprint density at radius 3 is 2.52 bits per heavy atom. The normalized spacial score (nSPS) is 12.2. The predicted octanol–water partition coefficient (Wildman–Crippen LogP) is 3.03. The summed E-state index contributed by atoms with van der Waals surface area (Å²) in [7, 11) is 0. The molecule has 0 fully saturated rings. The molecule has 0 aliphatic carbocycles. The topological polar surface area (TPSA) is 92.5 Å². The Kier molecular flexibility index (Phi) is 5.57. The average molecular weight is 302 g/mol. The number of hydrogen-bond acceptors (Lipinski definition) is 4. The van der Waals surface area contributed by atoms with Crippen LogP contribution in [0.3, 0.4) is 0 Å². The van der Waals surface area contributed by atoms with Gasteiger partial charge in [0.25, 0.3) is 5.69 Å². The van der Waals surface area contributed by atoms with Crippen molar-refractivity contribution in [3.8, 4) is 0 Å². The van der Waals surface area contributed by atoms with Crippen molar-refractivity contribution in [3.05, 3.63) is 33.9 Å². The van der Waals surface area contributed by atoms with Crippen molar-refractivity contribution in [3.63, 3.8) is 0 Å². The van der Waals surface area contributed by atoms with E-state index in [9.17, 15) is 23.7 Å². The Morgan fingerprint density at radius 1 is 1.43 bits per heavy atom. The van der Waals surface area contributed by atoms with Gasteiger partial charge < -0.3 is 10.4 Å². The van der Waals surface area contributed by atoms with Crippen molar-refractivity contribution in [2.45, 2.75) is 20.3 Å². The molecule has 0 radical (unpaired) electrons. The lowest BCUT2D eigenvalue weighted by molar-refractivity contribution is -0.384. The molecule has 0 aromatic heterocycles. The maximum atomic E-state index is 13.6. The number of nitro benzene ring substituents is 1. The monoisotopic (exact) mass is 302 g/mol. The van der Waals surface area contributed by atoms with E-state index in [1.54, 1.807) is 0 Å². The highest BCUT2D eigenvalue weighted by Crippen LogP contribution is 2.29. The molecule has 0 amide bonds. The highest BCUT2D eigenvalue weighted by Gasteiger charge is 2.24. The fourth-order valence-electron chi connectivity index (χ4n) is 1.93. The molecule has 2 N–H and O–H groups in total. The van der Waals surface area contributed by atoms with E-state index >= 15 is 0 Å². The minimum atomic E-state index is -1.39. The van der Waals surface area contributed by atoms with E-state index < -0.39 is 39.8 Å². The van der Waals surface area contributed by atoms with Crippen LogP contribution < -0.4 is 5.32 Å². The fraction of sp³-hybridized carbons (Fsp3) is 0.462. The van der Waals surface area contributed by atoms with Crippen LogP contribution in [0.1, 0.15) is 20.3 Å². The summed E-state index contributed by atoms with van der Waals surface area (Å²) in [6.45, 7) is 3.41. The third kappa shape index (κ3) is 4.37. The van der Waals surface area contributed by atoms with Crippen LogP contribution in [0.4, 0.5) is 20.2 Å². The summed E-state index contributed by atoms with van der Waals surface area (Å²) < 4.78 is 26.8. The van der Waals surface area contributed by atoms with Crippen molar-refractivity contribution < 1.29 is 23.6 Å². The van der Waals surface area contributed by atoms with Crippen LogP contribution in [0.15, 0.2) is 12.1 Å². The first kappa shape index (κ1) is 16.8. The van der Waals surface area contributed by atoms with Crippen LogP contribution in [0, 0.1) is 33.6 Å². The van der Waals surface area contributed by atoms with Crippen LogP contribution in [0.5, 0.6) is 0 Å². The van der Waals surface area contributed by atoms with Crippen LogP contribution in [0.2, 0.25) is 0 Å². The minimum Gasteiger partial charge on any atom is -0.481 e. The number of aliphatic carboxylic acids is 1. The zero-order valence-corrected chi connectivity index (χ0v) is 11.6. The van der Waals surface area contributed by atoms with Gasteiger partial charge in [-0.25, -0.2) is 8.78 Å². The molecule has 116 valence electrons. The predicted molar refractivity (Wildman–Crippen MR) is 72.1 cm³/mol. The van der Waals surface area contributed by atoms with Gasteiger partial charge in [-0.15, -0.1) is 0 Å². The number of nitrogens with one attached hydrogen (secondary N) is 1. The van der Waals surface area contributed by atoms with Crippen molar-refractivity contribution in [1.82, 2.24) is 0 Å². The molecule has 0 heterocycles. The third-order valence-electron chi connectivity index (χ3n) is 2.90. The van der Waals surface area contributed by atoms with Gasteiger partial charge in [0.1, 0.15) is 0 Å². The molecule has 0 saturated heterocycles. The summed E-state index contributed by atoms with van der Waals surface area (Å²) in [5, 5.41) is 22.2. The lowest BCUT2D eigenvalue weighted by Crippen LogP contribution is -2.25. The molecule has 1 aromatic rings. The lowest BCUT2D eigenvalue weighted by Gasteiger charge is -2.16. The third-order valence-corrected chi connectivity index (χ3v) is 2.90. The second-order valence-electron chi connectivity index (χ2n) is 5.06. The molecule has 0 spiro atoms. The van der Waals surface area contributed by atoms with E-state index in [1.807, 2.05) is 13.8 Å².